The summed E-state index contributed by atoms with van der Waals surface area (Å²) in [6, 6.07) is 3.76. The zero-order valence-electron chi connectivity index (χ0n) is 15.1. The molecule has 6 nitrogen and oxygen atoms in total. The monoisotopic (exact) mass is 443 g/mol. The van der Waals surface area contributed by atoms with E-state index in [1.54, 1.807) is 4.90 Å². The maximum atomic E-state index is 12.2. The molecule has 0 spiro atoms. The summed E-state index contributed by atoms with van der Waals surface area (Å²) >= 11 is 9.66. The van der Waals surface area contributed by atoms with E-state index >= 15 is 0 Å². The van der Waals surface area contributed by atoms with Crippen molar-refractivity contribution in [3.8, 4) is 0 Å². The Morgan fingerprint density at radius 2 is 2.00 bits per heavy atom. The summed E-state index contributed by atoms with van der Waals surface area (Å²) in [5.74, 6) is 0. The number of amides is 1. The number of ether oxygens (including phenoxy) is 1. The number of fused-ring (bicyclic) bond motifs is 1. The number of aliphatic hydroxyl groups excluding tert-OH is 1. The third-order valence-corrected chi connectivity index (χ3v) is 5.63. The fourth-order valence-electron chi connectivity index (χ4n) is 3.26. The Bertz CT molecular complexity index is 727. The van der Waals surface area contributed by atoms with Crippen LogP contribution in [0.1, 0.15) is 33.6 Å². The molecule has 0 aliphatic carbocycles. The van der Waals surface area contributed by atoms with Crippen LogP contribution in [0, 0.1) is 0 Å². The minimum Gasteiger partial charge on any atom is -0.444 e. The molecule has 142 valence electrons. The maximum Gasteiger partial charge on any atom is 0.410 e. The number of piperidine rings is 1. The van der Waals surface area contributed by atoms with Crippen molar-refractivity contribution in [3.05, 3.63) is 21.6 Å². The van der Waals surface area contributed by atoms with Crippen molar-refractivity contribution in [1.29, 1.82) is 0 Å². The quantitative estimate of drug-likeness (QED) is 0.700. The van der Waals surface area contributed by atoms with Gasteiger partial charge in [0.15, 0.2) is 6.23 Å². The van der Waals surface area contributed by atoms with E-state index in [0.717, 1.165) is 28.7 Å². The topological polar surface area (TPSA) is 65.4 Å². The molecule has 1 atom stereocenters. The van der Waals surface area contributed by atoms with Gasteiger partial charge >= 0.3 is 6.09 Å². The van der Waals surface area contributed by atoms with Crippen molar-refractivity contribution in [2.24, 2.45) is 4.99 Å². The number of anilines is 1. The highest BCUT2D eigenvalue weighted by Crippen LogP contribution is 2.41. The number of likely N-dealkylation sites (tertiary alicyclic amines) is 1. The van der Waals surface area contributed by atoms with Gasteiger partial charge < -0.3 is 19.6 Å². The summed E-state index contributed by atoms with van der Waals surface area (Å²) in [4.78, 5) is 20.2. The molecule has 3 rings (SSSR count). The smallest absolute Gasteiger partial charge is 0.410 e. The van der Waals surface area contributed by atoms with E-state index in [4.69, 9.17) is 16.3 Å². The second-order valence-electron chi connectivity index (χ2n) is 7.55. The molecule has 2 aliphatic rings. The van der Waals surface area contributed by atoms with Crippen LogP contribution in [0.2, 0.25) is 5.02 Å². The van der Waals surface area contributed by atoms with Gasteiger partial charge in [0.05, 0.1) is 22.6 Å². The number of nitrogens with zero attached hydrogens (tertiary/aromatic N) is 3. The summed E-state index contributed by atoms with van der Waals surface area (Å²) in [5, 5.41) is 11.0. The van der Waals surface area contributed by atoms with Crippen LogP contribution in [-0.4, -0.2) is 53.3 Å². The summed E-state index contributed by atoms with van der Waals surface area (Å²) in [5.41, 5.74) is 1.07. The molecular weight excluding hydrogens is 422 g/mol. The van der Waals surface area contributed by atoms with Crippen LogP contribution in [0.25, 0.3) is 0 Å². The van der Waals surface area contributed by atoms with E-state index in [-0.39, 0.29) is 12.1 Å². The predicted molar refractivity (Wildman–Crippen MR) is 107 cm³/mol. The summed E-state index contributed by atoms with van der Waals surface area (Å²) in [7, 11) is 0. The lowest BCUT2D eigenvalue weighted by atomic mass is 10.0. The zero-order chi connectivity index (χ0) is 19.1. The van der Waals surface area contributed by atoms with Crippen LogP contribution in [-0.2, 0) is 4.74 Å². The Morgan fingerprint density at radius 1 is 1.35 bits per heavy atom. The normalized spacial score (nSPS) is 20.9. The van der Waals surface area contributed by atoms with E-state index in [0.29, 0.717) is 18.1 Å². The molecule has 1 N–H and O–H groups in total. The number of halogens is 2. The second kappa shape index (κ2) is 7.37. The number of hydrogen-bond donors (Lipinski definition) is 1. The van der Waals surface area contributed by atoms with Gasteiger partial charge in [0, 0.05) is 23.6 Å². The predicted octanol–water partition coefficient (Wildman–Crippen LogP) is 4.34. The van der Waals surface area contributed by atoms with Gasteiger partial charge in [-0.3, -0.25) is 4.99 Å². The lowest BCUT2D eigenvalue weighted by molar-refractivity contribution is 0.0199. The zero-order valence-corrected chi connectivity index (χ0v) is 17.4. The lowest BCUT2D eigenvalue weighted by Gasteiger charge is -2.42. The number of rotatable bonds is 1. The molecule has 1 fully saturated rings. The molecule has 26 heavy (non-hydrogen) atoms. The number of aliphatic imine (C=N–C) groups is 1. The van der Waals surface area contributed by atoms with E-state index in [9.17, 15) is 9.90 Å². The molecule has 0 bridgehead atoms. The van der Waals surface area contributed by atoms with Gasteiger partial charge in [-0.15, -0.1) is 0 Å². The largest absolute Gasteiger partial charge is 0.444 e. The Balaban J connectivity index is 1.73. The highest BCUT2D eigenvalue weighted by Gasteiger charge is 2.34. The van der Waals surface area contributed by atoms with Gasteiger partial charge in [-0.1, -0.05) is 11.6 Å². The molecule has 2 heterocycles. The maximum absolute atomic E-state index is 12.2. The van der Waals surface area contributed by atoms with E-state index in [1.807, 2.05) is 37.8 Å². The van der Waals surface area contributed by atoms with Crippen LogP contribution >= 0.6 is 27.5 Å². The molecule has 0 aromatic heterocycles. The van der Waals surface area contributed by atoms with Crippen molar-refractivity contribution in [3.63, 3.8) is 0 Å². The molecule has 1 aromatic carbocycles. The standard InChI is InChI=1S/C18H23BrClN3O3/c1-18(2,3)26-17(25)22-6-4-11(5-7-22)23-15-9-13(20)12(19)8-14(15)21-10-16(23)24/h8-11,16,24H,4-7H2,1-3H3. The van der Waals surface area contributed by atoms with E-state index in [2.05, 4.69) is 20.9 Å². The van der Waals surface area contributed by atoms with Crippen LogP contribution in [0.5, 0.6) is 0 Å². The van der Waals surface area contributed by atoms with E-state index < -0.39 is 11.8 Å². The first-order chi connectivity index (χ1) is 12.2. The minimum absolute atomic E-state index is 0.0893. The Labute approximate surface area is 166 Å². The first-order valence-electron chi connectivity index (χ1n) is 8.63. The highest BCUT2D eigenvalue weighted by atomic mass is 79.9. The Morgan fingerprint density at radius 3 is 2.62 bits per heavy atom. The summed E-state index contributed by atoms with van der Waals surface area (Å²) in [6.45, 7) is 6.75. The fraction of sp³-hybridized carbons (Fsp3) is 0.556. The highest BCUT2D eigenvalue weighted by molar-refractivity contribution is 9.10. The van der Waals surface area contributed by atoms with Crippen molar-refractivity contribution < 1.29 is 14.6 Å². The van der Waals surface area contributed by atoms with E-state index in [1.165, 1.54) is 6.21 Å². The van der Waals surface area contributed by atoms with Crippen molar-refractivity contribution in [1.82, 2.24) is 4.90 Å². The molecule has 2 aliphatic heterocycles. The summed E-state index contributed by atoms with van der Waals surface area (Å²) in [6.07, 6.45) is 1.90. The number of carbonyl (C=O) groups excluding carboxylic acids is 1. The molecule has 0 radical (unpaired) electrons. The summed E-state index contributed by atoms with van der Waals surface area (Å²) < 4.78 is 6.21. The fourth-order valence-corrected chi connectivity index (χ4v) is 3.75. The minimum atomic E-state index is -0.808. The number of benzene rings is 1. The van der Waals surface area contributed by atoms with Gasteiger partial charge in [0.1, 0.15) is 5.60 Å². The second-order valence-corrected chi connectivity index (χ2v) is 8.81. The van der Waals surface area contributed by atoms with Gasteiger partial charge in [-0.05, 0) is 61.7 Å². The molecule has 1 amide bonds. The van der Waals surface area contributed by atoms with Gasteiger partial charge in [0.25, 0.3) is 0 Å². The molecule has 8 heteroatoms. The van der Waals surface area contributed by atoms with Crippen molar-refractivity contribution in [2.45, 2.75) is 51.5 Å². The lowest BCUT2D eigenvalue weighted by Crippen LogP contribution is -2.52. The van der Waals surface area contributed by atoms with Crippen LogP contribution in [0.3, 0.4) is 0 Å². The third kappa shape index (κ3) is 4.15. The number of aliphatic hydroxyl groups is 1. The van der Waals surface area contributed by atoms with Crippen LogP contribution in [0.15, 0.2) is 21.6 Å². The molecule has 0 saturated carbocycles. The number of carbonyl (C=O) groups is 1. The molecule has 1 aromatic rings. The van der Waals surface area contributed by atoms with Crippen LogP contribution < -0.4 is 4.90 Å². The number of hydrogen-bond acceptors (Lipinski definition) is 5. The third-order valence-electron chi connectivity index (χ3n) is 4.44. The van der Waals surface area contributed by atoms with Gasteiger partial charge in [-0.2, -0.15) is 0 Å². The SMILES string of the molecule is CC(C)(C)OC(=O)N1CCC(N2c3cc(Cl)c(Br)cc3N=CC2O)CC1. The first-order valence-corrected chi connectivity index (χ1v) is 9.80. The first kappa shape index (κ1) is 19.5. The van der Waals surface area contributed by atoms with Gasteiger partial charge in [-0.25, -0.2) is 4.79 Å². The van der Waals surface area contributed by atoms with Crippen molar-refractivity contribution in [2.75, 3.05) is 18.0 Å². The molecular formula is C18H23BrClN3O3. The average molecular weight is 445 g/mol. The van der Waals surface area contributed by atoms with Gasteiger partial charge in [0.2, 0.25) is 0 Å². The molecule has 1 saturated heterocycles. The average Bonchev–Trinajstić information content (AvgIpc) is 2.55. The molecule has 1 unspecified atom stereocenters. The van der Waals surface area contributed by atoms with Crippen molar-refractivity contribution >= 4 is 51.2 Å². The Hall–Kier alpha value is -1.31. The Kier molecular flexibility index (Phi) is 5.51. The van der Waals surface area contributed by atoms with Crippen LogP contribution in [0.4, 0.5) is 16.2 Å².